The summed E-state index contributed by atoms with van der Waals surface area (Å²) in [6.07, 6.45) is 1.88. The van der Waals surface area contributed by atoms with E-state index in [2.05, 4.69) is 137 Å². The van der Waals surface area contributed by atoms with Crippen LogP contribution in [0.1, 0.15) is 61.1 Å². The zero-order valence-corrected chi connectivity index (χ0v) is 21.6. The van der Waals surface area contributed by atoms with Crippen LogP contribution in [0.25, 0.3) is 0 Å². The van der Waals surface area contributed by atoms with E-state index < -0.39 is 0 Å². The van der Waals surface area contributed by atoms with Gasteiger partial charge in [0.05, 0.1) is 13.2 Å². The zero-order valence-electron chi connectivity index (χ0n) is 21.6. The summed E-state index contributed by atoms with van der Waals surface area (Å²) in [5.41, 5.74) is 8.01. The van der Waals surface area contributed by atoms with Crippen LogP contribution in [0.15, 0.2) is 109 Å². The third-order valence-electron chi connectivity index (χ3n) is 7.41. The Morgan fingerprint density at radius 1 is 0.429 bits per heavy atom. The first kappa shape index (κ1) is 24.9. The van der Waals surface area contributed by atoms with Crippen molar-refractivity contribution in [3.63, 3.8) is 0 Å². The van der Waals surface area contributed by atoms with Gasteiger partial charge in [-0.2, -0.15) is 0 Å². The normalized spacial score (nSPS) is 12.0. The Morgan fingerprint density at radius 3 is 1.09 bits per heavy atom. The van der Waals surface area contributed by atoms with Crippen LogP contribution in [0.5, 0.6) is 0 Å². The molecule has 0 fully saturated rings. The second-order valence-corrected chi connectivity index (χ2v) is 10.5. The van der Waals surface area contributed by atoms with Crippen molar-refractivity contribution in [2.75, 3.05) is 13.2 Å². The number of hydrogen-bond donors (Lipinski definition) is 0. The first-order valence-corrected chi connectivity index (χ1v) is 12.7. The predicted molar refractivity (Wildman–Crippen MR) is 148 cm³/mol. The van der Waals surface area contributed by atoms with Crippen LogP contribution in [0.4, 0.5) is 0 Å². The van der Waals surface area contributed by atoms with Gasteiger partial charge in [0, 0.05) is 10.8 Å². The highest BCUT2D eigenvalue weighted by Crippen LogP contribution is 2.32. The van der Waals surface area contributed by atoms with Crippen LogP contribution in [0, 0.1) is 0 Å². The highest BCUT2D eigenvalue weighted by Gasteiger charge is 2.23. The second kappa shape index (κ2) is 11.1. The van der Waals surface area contributed by atoms with Gasteiger partial charge in [-0.1, -0.05) is 137 Å². The van der Waals surface area contributed by atoms with E-state index in [1.807, 2.05) is 0 Å². The molecule has 4 aromatic rings. The molecule has 0 aliphatic carbocycles. The lowest BCUT2D eigenvalue weighted by Gasteiger charge is -2.26. The van der Waals surface area contributed by atoms with Crippen molar-refractivity contribution < 1.29 is 4.74 Å². The Balaban J connectivity index is 1.23. The fraction of sp³-hybridized carbons (Fsp3) is 0.294. The molecule has 0 saturated heterocycles. The van der Waals surface area contributed by atoms with Crippen LogP contribution in [0.2, 0.25) is 0 Å². The van der Waals surface area contributed by atoms with Crippen molar-refractivity contribution in [3.8, 4) is 0 Å². The zero-order chi connectivity index (χ0) is 24.7. The van der Waals surface area contributed by atoms with Gasteiger partial charge in [0.15, 0.2) is 0 Å². The fourth-order valence-corrected chi connectivity index (χ4v) is 4.70. The van der Waals surface area contributed by atoms with Gasteiger partial charge < -0.3 is 4.74 Å². The number of ether oxygens (including phenoxy) is 1. The highest BCUT2D eigenvalue weighted by molar-refractivity contribution is 5.39. The van der Waals surface area contributed by atoms with Crippen LogP contribution in [0.3, 0.4) is 0 Å². The van der Waals surface area contributed by atoms with Gasteiger partial charge in [0.25, 0.3) is 0 Å². The van der Waals surface area contributed by atoms with Crippen LogP contribution in [-0.2, 0) is 28.4 Å². The molecule has 4 aromatic carbocycles. The Bertz CT molecular complexity index is 1070. The van der Waals surface area contributed by atoms with Crippen molar-refractivity contribution in [1.82, 2.24) is 0 Å². The quantitative estimate of drug-likeness (QED) is 0.216. The molecule has 0 heterocycles. The van der Waals surface area contributed by atoms with Crippen molar-refractivity contribution in [3.05, 3.63) is 143 Å². The van der Waals surface area contributed by atoms with E-state index in [1.165, 1.54) is 33.4 Å². The molecular formula is C34H38O. The predicted octanol–water partition coefficient (Wildman–Crippen LogP) is 8.14. The molecule has 1 heteroatoms. The molecule has 0 bridgehead atoms. The molecule has 0 N–H and O–H groups in total. The van der Waals surface area contributed by atoms with Gasteiger partial charge in [-0.3, -0.25) is 0 Å². The standard InChI is InChI=1S/C34H38O/c1-33(2,29-11-7-5-8-12-29)31-19-15-27(16-20-31)23-25-35-26-24-28-17-21-32(22-18-28)34(3,4)30-13-9-6-10-14-30/h5-22H,23-26H2,1-4H3. The molecule has 0 spiro atoms. The molecule has 0 aliphatic rings. The maximum atomic E-state index is 5.98. The third kappa shape index (κ3) is 6.10. The largest absolute Gasteiger partial charge is 0.381 e. The summed E-state index contributed by atoms with van der Waals surface area (Å²) in [5.74, 6) is 0. The summed E-state index contributed by atoms with van der Waals surface area (Å²) in [6, 6.07) is 39.5. The SMILES string of the molecule is CC(C)(c1ccccc1)c1ccc(CCOCCc2ccc(C(C)(C)c3ccccc3)cc2)cc1. The highest BCUT2D eigenvalue weighted by atomic mass is 16.5. The summed E-state index contributed by atoms with van der Waals surface area (Å²) in [5, 5.41) is 0. The van der Waals surface area contributed by atoms with Crippen LogP contribution >= 0.6 is 0 Å². The summed E-state index contributed by atoms with van der Waals surface area (Å²) in [6.45, 7) is 10.7. The smallest absolute Gasteiger partial charge is 0.0506 e. The molecule has 0 aliphatic heterocycles. The van der Waals surface area contributed by atoms with Gasteiger partial charge in [-0.15, -0.1) is 0 Å². The third-order valence-corrected chi connectivity index (χ3v) is 7.41. The van der Waals surface area contributed by atoms with Crippen molar-refractivity contribution in [1.29, 1.82) is 0 Å². The minimum atomic E-state index is 0.00213. The first-order chi connectivity index (χ1) is 16.9. The first-order valence-electron chi connectivity index (χ1n) is 12.7. The summed E-state index contributed by atoms with van der Waals surface area (Å²) in [4.78, 5) is 0. The minimum Gasteiger partial charge on any atom is -0.381 e. The number of rotatable bonds is 10. The summed E-state index contributed by atoms with van der Waals surface area (Å²) < 4.78 is 5.98. The molecule has 0 aromatic heterocycles. The van der Waals surface area contributed by atoms with E-state index in [4.69, 9.17) is 4.74 Å². The molecule has 1 nitrogen and oxygen atoms in total. The van der Waals surface area contributed by atoms with Gasteiger partial charge in [-0.05, 0) is 46.2 Å². The van der Waals surface area contributed by atoms with E-state index in [-0.39, 0.29) is 10.8 Å². The van der Waals surface area contributed by atoms with Gasteiger partial charge in [-0.25, -0.2) is 0 Å². The average molecular weight is 463 g/mol. The average Bonchev–Trinajstić information content (AvgIpc) is 2.90. The summed E-state index contributed by atoms with van der Waals surface area (Å²) in [7, 11) is 0. The lowest BCUT2D eigenvalue weighted by atomic mass is 9.78. The van der Waals surface area contributed by atoms with E-state index in [1.54, 1.807) is 0 Å². The molecule has 0 saturated carbocycles. The van der Waals surface area contributed by atoms with Crippen LogP contribution < -0.4 is 0 Å². The minimum absolute atomic E-state index is 0.00213. The van der Waals surface area contributed by atoms with Crippen molar-refractivity contribution in [2.24, 2.45) is 0 Å². The van der Waals surface area contributed by atoms with E-state index in [0.717, 1.165) is 26.1 Å². The van der Waals surface area contributed by atoms with E-state index >= 15 is 0 Å². The second-order valence-electron chi connectivity index (χ2n) is 10.5. The Kier molecular flexibility index (Phi) is 7.88. The topological polar surface area (TPSA) is 9.23 Å². The molecule has 0 unspecified atom stereocenters. The van der Waals surface area contributed by atoms with Crippen molar-refractivity contribution >= 4 is 0 Å². The Hall–Kier alpha value is -3.16. The molecule has 4 rings (SSSR count). The lowest BCUT2D eigenvalue weighted by molar-refractivity contribution is 0.140. The Morgan fingerprint density at radius 2 is 0.743 bits per heavy atom. The lowest BCUT2D eigenvalue weighted by Crippen LogP contribution is -2.18. The molecule has 35 heavy (non-hydrogen) atoms. The monoisotopic (exact) mass is 462 g/mol. The molecular weight excluding hydrogens is 424 g/mol. The summed E-state index contributed by atoms with van der Waals surface area (Å²) >= 11 is 0. The van der Waals surface area contributed by atoms with Gasteiger partial charge >= 0.3 is 0 Å². The fourth-order valence-electron chi connectivity index (χ4n) is 4.70. The van der Waals surface area contributed by atoms with Gasteiger partial charge in [0.2, 0.25) is 0 Å². The van der Waals surface area contributed by atoms with Crippen LogP contribution in [-0.4, -0.2) is 13.2 Å². The molecule has 0 atom stereocenters. The van der Waals surface area contributed by atoms with E-state index in [9.17, 15) is 0 Å². The van der Waals surface area contributed by atoms with E-state index in [0.29, 0.717) is 0 Å². The maximum absolute atomic E-state index is 5.98. The van der Waals surface area contributed by atoms with Crippen molar-refractivity contribution in [2.45, 2.75) is 51.4 Å². The number of hydrogen-bond acceptors (Lipinski definition) is 1. The van der Waals surface area contributed by atoms with Gasteiger partial charge in [0.1, 0.15) is 0 Å². The number of benzene rings is 4. The molecule has 180 valence electrons. The Labute approximate surface area is 211 Å². The molecule has 0 radical (unpaired) electrons. The maximum Gasteiger partial charge on any atom is 0.0506 e. The molecule has 0 amide bonds.